The summed E-state index contributed by atoms with van der Waals surface area (Å²) in [6.07, 6.45) is -4.80. The van der Waals surface area contributed by atoms with E-state index in [1.807, 2.05) is 24.3 Å². The lowest BCUT2D eigenvalue weighted by Crippen LogP contribution is -2.54. The maximum Gasteiger partial charge on any atom is 0.186 e. The molecule has 2 saturated heterocycles. The largest absolute Gasteiger partial charge is 0.394 e. The number of aliphatic hydroxyl groups is 2. The molecule has 2 heterocycles. The first-order valence-electron chi connectivity index (χ1n) is 8.94. The van der Waals surface area contributed by atoms with E-state index in [2.05, 4.69) is 0 Å². The van der Waals surface area contributed by atoms with Crippen LogP contribution >= 0.6 is 23.2 Å². The molecule has 150 valence electrons. The zero-order valence-electron chi connectivity index (χ0n) is 14.8. The van der Waals surface area contributed by atoms with Gasteiger partial charge in [0.2, 0.25) is 0 Å². The normalized spacial score (nSPS) is 33.1. The molecule has 0 saturated carbocycles. The molecule has 2 unspecified atom stereocenters. The lowest BCUT2D eigenvalue weighted by Gasteiger charge is -2.41. The fourth-order valence-corrected chi connectivity index (χ4v) is 3.85. The Labute approximate surface area is 172 Å². The van der Waals surface area contributed by atoms with Gasteiger partial charge in [0.1, 0.15) is 24.4 Å². The van der Waals surface area contributed by atoms with Gasteiger partial charge in [-0.3, -0.25) is 0 Å². The van der Waals surface area contributed by atoms with Crippen LogP contribution in [0.3, 0.4) is 0 Å². The average molecular weight is 427 g/mol. The van der Waals surface area contributed by atoms with Crippen molar-refractivity contribution in [2.75, 3.05) is 13.2 Å². The van der Waals surface area contributed by atoms with Gasteiger partial charge in [-0.25, -0.2) is 0 Å². The third-order valence-electron chi connectivity index (χ3n) is 4.87. The minimum Gasteiger partial charge on any atom is -0.394 e. The first kappa shape index (κ1) is 20.1. The molecule has 0 aromatic heterocycles. The highest BCUT2D eigenvalue weighted by Crippen LogP contribution is 2.39. The van der Waals surface area contributed by atoms with E-state index >= 15 is 0 Å². The minimum absolute atomic E-state index is 0.199. The molecular weight excluding hydrogens is 407 g/mol. The van der Waals surface area contributed by atoms with E-state index < -0.39 is 37.0 Å². The van der Waals surface area contributed by atoms with Crippen LogP contribution in [0, 0.1) is 0 Å². The Kier molecular flexibility index (Phi) is 6.20. The standard InChI is InChI=1S/C20H20Cl2O6/c21-13-7-3-1-5-11(13)19-25-10-16(27-19)18-17(24)15(9-23)26-20(28-18)12-6-2-4-8-14(12)22/h1-8,15-20,23-24H,9-10H2/t15-,16+,17-,18-,19?,20?/m1/s1. The van der Waals surface area contributed by atoms with Gasteiger partial charge in [-0.2, -0.15) is 0 Å². The Morgan fingerprint density at radius 3 is 2.07 bits per heavy atom. The van der Waals surface area contributed by atoms with Crippen LogP contribution < -0.4 is 0 Å². The molecule has 0 amide bonds. The van der Waals surface area contributed by atoms with Gasteiger partial charge in [-0.15, -0.1) is 0 Å². The van der Waals surface area contributed by atoms with Crippen molar-refractivity contribution >= 4 is 23.2 Å². The zero-order chi connectivity index (χ0) is 19.7. The van der Waals surface area contributed by atoms with Crippen molar-refractivity contribution in [2.45, 2.75) is 37.0 Å². The van der Waals surface area contributed by atoms with Crippen LogP contribution in [0.1, 0.15) is 23.7 Å². The number of halogens is 2. The summed E-state index contributed by atoms with van der Waals surface area (Å²) in [6.45, 7) is -0.172. The first-order valence-corrected chi connectivity index (χ1v) is 9.70. The Balaban J connectivity index is 1.54. The van der Waals surface area contributed by atoms with Crippen LogP contribution in [0.5, 0.6) is 0 Å². The van der Waals surface area contributed by atoms with Gasteiger partial charge in [0.15, 0.2) is 12.6 Å². The monoisotopic (exact) mass is 426 g/mol. The van der Waals surface area contributed by atoms with Gasteiger partial charge in [0.25, 0.3) is 0 Å². The highest BCUT2D eigenvalue weighted by molar-refractivity contribution is 6.31. The molecule has 2 aromatic rings. The highest BCUT2D eigenvalue weighted by Gasteiger charge is 2.46. The lowest BCUT2D eigenvalue weighted by atomic mass is 10.0. The Bertz CT molecular complexity index is 819. The molecule has 4 rings (SSSR count). The van der Waals surface area contributed by atoms with Crippen LogP contribution in [0.4, 0.5) is 0 Å². The lowest BCUT2D eigenvalue weighted by molar-refractivity contribution is -0.310. The van der Waals surface area contributed by atoms with Gasteiger partial charge in [0, 0.05) is 21.2 Å². The van der Waals surface area contributed by atoms with Crippen molar-refractivity contribution in [3.05, 3.63) is 69.7 Å². The van der Waals surface area contributed by atoms with Crippen molar-refractivity contribution < 1.29 is 29.2 Å². The van der Waals surface area contributed by atoms with Crippen molar-refractivity contribution in [3.63, 3.8) is 0 Å². The average Bonchev–Trinajstić information content (AvgIpc) is 3.19. The van der Waals surface area contributed by atoms with Crippen LogP contribution in [0.15, 0.2) is 48.5 Å². The van der Waals surface area contributed by atoms with E-state index in [4.69, 9.17) is 42.1 Å². The summed E-state index contributed by atoms with van der Waals surface area (Å²) >= 11 is 12.5. The van der Waals surface area contributed by atoms with E-state index in [1.54, 1.807) is 24.3 Å². The van der Waals surface area contributed by atoms with E-state index in [0.29, 0.717) is 21.2 Å². The number of rotatable bonds is 4. The Hall–Kier alpha value is -1.22. The summed E-state index contributed by atoms with van der Waals surface area (Å²) in [7, 11) is 0. The third-order valence-corrected chi connectivity index (χ3v) is 5.56. The molecule has 28 heavy (non-hydrogen) atoms. The molecule has 2 aliphatic rings. The number of benzene rings is 2. The number of aliphatic hydroxyl groups excluding tert-OH is 2. The Morgan fingerprint density at radius 2 is 1.46 bits per heavy atom. The SMILES string of the molecule is OC[C@H]1OC(c2ccccc2Cl)O[C@H]([C@@H]2COC(c3ccccc3Cl)O2)[C@@H]1O. The van der Waals surface area contributed by atoms with E-state index in [0.717, 1.165) is 0 Å². The second kappa shape index (κ2) is 8.65. The molecule has 2 N–H and O–H groups in total. The van der Waals surface area contributed by atoms with E-state index in [-0.39, 0.29) is 13.2 Å². The topological polar surface area (TPSA) is 77.4 Å². The molecule has 2 aromatic carbocycles. The maximum absolute atomic E-state index is 10.6. The molecule has 0 spiro atoms. The number of ether oxygens (including phenoxy) is 4. The summed E-state index contributed by atoms with van der Waals surface area (Å²) in [4.78, 5) is 0. The fraction of sp³-hybridized carbons (Fsp3) is 0.400. The van der Waals surface area contributed by atoms with Crippen LogP contribution in [0.25, 0.3) is 0 Å². The van der Waals surface area contributed by atoms with Crippen LogP contribution in [0.2, 0.25) is 10.0 Å². The van der Waals surface area contributed by atoms with Crippen molar-refractivity contribution in [1.29, 1.82) is 0 Å². The maximum atomic E-state index is 10.6. The molecule has 2 fully saturated rings. The molecule has 0 aliphatic carbocycles. The van der Waals surface area contributed by atoms with Crippen molar-refractivity contribution in [3.8, 4) is 0 Å². The van der Waals surface area contributed by atoms with E-state index in [9.17, 15) is 10.2 Å². The molecule has 6 nitrogen and oxygen atoms in total. The van der Waals surface area contributed by atoms with Crippen molar-refractivity contribution in [2.24, 2.45) is 0 Å². The molecule has 2 aliphatic heterocycles. The molecular formula is C20H20Cl2O6. The number of hydrogen-bond acceptors (Lipinski definition) is 6. The second-order valence-electron chi connectivity index (χ2n) is 6.66. The molecule has 0 bridgehead atoms. The van der Waals surface area contributed by atoms with Gasteiger partial charge in [0.05, 0.1) is 13.2 Å². The smallest absolute Gasteiger partial charge is 0.186 e. The third kappa shape index (κ3) is 3.92. The summed E-state index contributed by atoms with van der Waals surface area (Å²) in [6, 6.07) is 14.3. The second-order valence-corrected chi connectivity index (χ2v) is 7.48. The molecule has 6 atom stereocenters. The van der Waals surface area contributed by atoms with Gasteiger partial charge in [-0.1, -0.05) is 59.6 Å². The summed E-state index contributed by atoms with van der Waals surface area (Å²) < 4.78 is 23.4. The van der Waals surface area contributed by atoms with Crippen molar-refractivity contribution in [1.82, 2.24) is 0 Å². The Morgan fingerprint density at radius 1 is 0.857 bits per heavy atom. The minimum atomic E-state index is -1.10. The van der Waals surface area contributed by atoms with Gasteiger partial charge in [-0.05, 0) is 12.1 Å². The predicted molar refractivity (Wildman–Crippen MR) is 102 cm³/mol. The number of hydrogen-bond donors (Lipinski definition) is 2. The summed E-state index contributed by atoms with van der Waals surface area (Å²) in [5, 5.41) is 21.3. The predicted octanol–water partition coefficient (Wildman–Crippen LogP) is 3.24. The quantitative estimate of drug-likeness (QED) is 0.781. The van der Waals surface area contributed by atoms with E-state index in [1.165, 1.54) is 0 Å². The van der Waals surface area contributed by atoms with Crippen LogP contribution in [-0.4, -0.2) is 47.8 Å². The van der Waals surface area contributed by atoms with Gasteiger partial charge < -0.3 is 29.2 Å². The first-order chi connectivity index (χ1) is 13.6. The molecule has 8 heteroatoms. The molecule has 0 radical (unpaired) electrons. The summed E-state index contributed by atoms with van der Waals surface area (Å²) in [5.41, 5.74) is 1.32. The van der Waals surface area contributed by atoms with Gasteiger partial charge >= 0.3 is 0 Å². The van der Waals surface area contributed by atoms with Crippen LogP contribution in [-0.2, 0) is 18.9 Å². The highest BCUT2D eigenvalue weighted by atomic mass is 35.5. The zero-order valence-corrected chi connectivity index (χ0v) is 16.3. The fourth-order valence-electron chi connectivity index (χ4n) is 3.40. The summed E-state index contributed by atoms with van der Waals surface area (Å²) in [5.74, 6) is 0.